The Hall–Kier alpha value is -0.880. The van der Waals surface area contributed by atoms with Crippen molar-refractivity contribution >= 4 is 17.4 Å². The molecule has 0 radical (unpaired) electrons. The maximum Gasteiger partial charge on any atom is 0.441 e. The van der Waals surface area contributed by atoms with Crippen molar-refractivity contribution in [3.63, 3.8) is 0 Å². The Bertz CT molecular complexity index is 478. The zero-order valence-corrected chi connectivity index (χ0v) is 13.2. The Morgan fingerprint density at radius 2 is 2.05 bits per heavy atom. The predicted molar refractivity (Wildman–Crippen MR) is 82.7 cm³/mol. The molecule has 2 rings (SSSR count). The number of benzene rings is 1. The van der Waals surface area contributed by atoms with Crippen LogP contribution in [0, 0.1) is 0 Å². The minimum Gasteiger partial charge on any atom is -0.369 e. The van der Waals surface area contributed by atoms with Crippen molar-refractivity contribution in [2.45, 2.75) is 37.9 Å². The summed E-state index contributed by atoms with van der Waals surface area (Å²) in [5.74, 6) is 0.0532. The lowest BCUT2D eigenvalue weighted by molar-refractivity contribution is -0.0327. The number of hydrogen-bond acceptors (Lipinski definition) is 3. The monoisotopic (exact) mass is 318 g/mol. The van der Waals surface area contributed by atoms with Crippen LogP contribution in [-0.4, -0.2) is 29.9 Å². The number of anilines is 1. The zero-order valence-electron chi connectivity index (χ0n) is 12.3. The van der Waals surface area contributed by atoms with E-state index in [1.54, 1.807) is 0 Å². The van der Waals surface area contributed by atoms with Crippen LogP contribution < -0.4 is 10.2 Å². The highest BCUT2D eigenvalue weighted by molar-refractivity contribution is 8.00. The van der Waals surface area contributed by atoms with Gasteiger partial charge in [-0.25, -0.2) is 0 Å². The minimum atomic E-state index is -4.16. The van der Waals surface area contributed by atoms with Gasteiger partial charge in [-0.1, -0.05) is 25.1 Å². The lowest BCUT2D eigenvalue weighted by Crippen LogP contribution is -2.49. The van der Waals surface area contributed by atoms with Crippen LogP contribution in [0.15, 0.2) is 24.3 Å². The first kappa shape index (κ1) is 16.5. The summed E-state index contributed by atoms with van der Waals surface area (Å²) in [5.41, 5.74) is -2.05. The first-order valence-electron chi connectivity index (χ1n) is 7.11. The fourth-order valence-corrected chi connectivity index (χ4v) is 3.09. The van der Waals surface area contributed by atoms with Gasteiger partial charge in [-0.05, 0) is 36.7 Å². The highest BCUT2D eigenvalue weighted by atomic mass is 32.2. The van der Waals surface area contributed by atoms with Gasteiger partial charge in [0, 0.05) is 36.6 Å². The van der Waals surface area contributed by atoms with Crippen molar-refractivity contribution < 1.29 is 13.2 Å². The molecular formula is C15H21F3N2S. The van der Waals surface area contributed by atoms with Gasteiger partial charge in [-0.2, -0.15) is 13.2 Å². The summed E-state index contributed by atoms with van der Waals surface area (Å²) in [6, 6.07) is 7.94. The number of fused-ring (bicyclic) bond motifs is 1. The molecule has 1 unspecified atom stereocenters. The number of para-hydroxylation sites is 1. The van der Waals surface area contributed by atoms with Gasteiger partial charge in [0.25, 0.3) is 0 Å². The Labute approximate surface area is 128 Å². The van der Waals surface area contributed by atoms with E-state index in [0.717, 1.165) is 30.8 Å². The van der Waals surface area contributed by atoms with E-state index >= 15 is 0 Å². The number of halogens is 3. The molecule has 0 amide bonds. The van der Waals surface area contributed by atoms with Crippen molar-refractivity contribution in [1.82, 2.24) is 5.32 Å². The second-order valence-electron chi connectivity index (χ2n) is 5.61. The van der Waals surface area contributed by atoms with E-state index in [0.29, 0.717) is 6.54 Å². The Morgan fingerprint density at radius 3 is 2.71 bits per heavy atom. The van der Waals surface area contributed by atoms with Gasteiger partial charge >= 0.3 is 5.51 Å². The third-order valence-electron chi connectivity index (χ3n) is 3.99. The fourth-order valence-electron chi connectivity index (χ4n) is 2.55. The van der Waals surface area contributed by atoms with Crippen LogP contribution in [0.5, 0.6) is 0 Å². The number of nitrogens with zero attached hydrogens (tertiary/aromatic N) is 1. The van der Waals surface area contributed by atoms with Crippen molar-refractivity contribution in [1.29, 1.82) is 0 Å². The van der Waals surface area contributed by atoms with Gasteiger partial charge in [-0.15, -0.1) is 0 Å². The van der Waals surface area contributed by atoms with Gasteiger partial charge in [0.1, 0.15) is 0 Å². The van der Waals surface area contributed by atoms with Gasteiger partial charge in [0.15, 0.2) is 0 Å². The van der Waals surface area contributed by atoms with E-state index in [1.807, 2.05) is 24.3 Å². The first-order chi connectivity index (χ1) is 9.83. The molecule has 21 heavy (non-hydrogen) atoms. The molecule has 1 N–H and O–H groups in total. The number of hydrogen-bond donors (Lipinski definition) is 1. The number of alkyl halides is 3. The molecule has 1 atom stereocenters. The van der Waals surface area contributed by atoms with E-state index in [4.69, 9.17) is 0 Å². The molecular weight excluding hydrogens is 297 g/mol. The average molecular weight is 318 g/mol. The SMILES string of the molecule is CCC1(C)CN(CCSC(F)(F)F)c2ccccc2CN1. The van der Waals surface area contributed by atoms with E-state index in [9.17, 15) is 13.2 Å². The minimum absolute atomic E-state index is 0.0532. The molecule has 2 nitrogen and oxygen atoms in total. The summed E-state index contributed by atoms with van der Waals surface area (Å²) in [5, 5.41) is 3.53. The van der Waals surface area contributed by atoms with Crippen molar-refractivity contribution in [3.05, 3.63) is 29.8 Å². The van der Waals surface area contributed by atoms with Crippen molar-refractivity contribution in [3.8, 4) is 0 Å². The third kappa shape index (κ3) is 4.54. The highest BCUT2D eigenvalue weighted by Gasteiger charge is 2.31. The summed E-state index contributed by atoms with van der Waals surface area (Å²) in [6.07, 6.45) is 0.934. The summed E-state index contributed by atoms with van der Waals surface area (Å²) in [4.78, 5) is 2.08. The molecule has 0 spiro atoms. The van der Waals surface area contributed by atoms with Gasteiger partial charge < -0.3 is 10.2 Å². The van der Waals surface area contributed by atoms with E-state index in [-0.39, 0.29) is 23.1 Å². The van der Waals surface area contributed by atoms with Crippen LogP contribution in [0.25, 0.3) is 0 Å². The van der Waals surface area contributed by atoms with Gasteiger partial charge in [0.2, 0.25) is 0 Å². The topological polar surface area (TPSA) is 15.3 Å². The Morgan fingerprint density at radius 1 is 1.33 bits per heavy atom. The van der Waals surface area contributed by atoms with Gasteiger partial charge in [-0.3, -0.25) is 0 Å². The largest absolute Gasteiger partial charge is 0.441 e. The molecule has 1 heterocycles. The van der Waals surface area contributed by atoms with Crippen LogP contribution >= 0.6 is 11.8 Å². The number of thioether (sulfide) groups is 1. The van der Waals surface area contributed by atoms with E-state index in [1.165, 1.54) is 0 Å². The van der Waals surface area contributed by atoms with Crippen LogP contribution in [0.2, 0.25) is 0 Å². The quantitative estimate of drug-likeness (QED) is 0.903. The summed E-state index contributed by atoms with van der Waals surface area (Å²) < 4.78 is 37.0. The second kappa shape index (κ2) is 6.48. The lowest BCUT2D eigenvalue weighted by atomic mass is 9.98. The second-order valence-corrected chi connectivity index (χ2v) is 6.77. The fraction of sp³-hybridized carbons (Fsp3) is 0.600. The number of nitrogens with one attached hydrogen (secondary N) is 1. The lowest BCUT2D eigenvalue weighted by Gasteiger charge is -2.34. The molecule has 0 aliphatic carbocycles. The van der Waals surface area contributed by atoms with Crippen LogP contribution in [0.1, 0.15) is 25.8 Å². The standard InChI is InChI=1S/C15H21F3N2S/c1-3-14(2)11-20(8-9-21-15(16,17)18)13-7-5-4-6-12(13)10-19-14/h4-7,19H,3,8-11H2,1-2H3. The Balaban J connectivity index is 2.14. The molecule has 1 aliphatic rings. The molecule has 1 aromatic rings. The van der Waals surface area contributed by atoms with E-state index in [2.05, 4.69) is 24.1 Å². The summed E-state index contributed by atoms with van der Waals surface area (Å²) in [6.45, 7) is 6.11. The predicted octanol–water partition coefficient (Wildman–Crippen LogP) is 4.02. The first-order valence-corrected chi connectivity index (χ1v) is 8.10. The summed E-state index contributed by atoms with van der Waals surface area (Å²) in [7, 11) is 0. The van der Waals surface area contributed by atoms with Crippen molar-refractivity contribution in [2.24, 2.45) is 0 Å². The molecule has 0 fully saturated rings. The van der Waals surface area contributed by atoms with Gasteiger partial charge in [0.05, 0.1) is 0 Å². The molecule has 1 aliphatic heterocycles. The highest BCUT2D eigenvalue weighted by Crippen LogP contribution is 2.32. The zero-order chi connectivity index (χ0) is 15.5. The van der Waals surface area contributed by atoms with Crippen molar-refractivity contribution in [2.75, 3.05) is 23.7 Å². The number of rotatable bonds is 4. The molecule has 0 saturated carbocycles. The molecule has 118 valence electrons. The molecule has 0 aromatic heterocycles. The summed E-state index contributed by atoms with van der Waals surface area (Å²) >= 11 is 0.0544. The van der Waals surface area contributed by atoms with Crippen LogP contribution in [0.3, 0.4) is 0 Å². The smallest absolute Gasteiger partial charge is 0.369 e. The maximum atomic E-state index is 12.3. The maximum absolute atomic E-state index is 12.3. The average Bonchev–Trinajstić information content (AvgIpc) is 2.56. The van der Waals surface area contributed by atoms with Crippen LogP contribution in [0.4, 0.5) is 18.9 Å². The molecule has 1 aromatic carbocycles. The van der Waals surface area contributed by atoms with Crippen LogP contribution in [-0.2, 0) is 6.54 Å². The third-order valence-corrected chi connectivity index (χ3v) is 4.70. The van der Waals surface area contributed by atoms with E-state index < -0.39 is 5.51 Å². The Kier molecular flexibility index (Phi) is 5.09. The molecule has 6 heteroatoms. The molecule has 0 saturated heterocycles. The normalized spacial score (nSPS) is 22.8. The molecule has 0 bridgehead atoms.